The third kappa shape index (κ3) is 3.11. The lowest BCUT2D eigenvalue weighted by Crippen LogP contribution is -2.43. The highest BCUT2D eigenvalue weighted by molar-refractivity contribution is 9.09. The van der Waals surface area contributed by atoms with E-state index in [9.17, 15) is 0 Å². The van der Waals surface area contributed by atoms with E-state index in [1.807, 2.05) is 32.2 Å². The fourth-order valence-corrected chi connectivity index (χ4v) is 1.59. The fourth-order valence-electron chi connectivity index (χ4n) is 1.22. The second-order valence-corrected chi connectivity index (χ2v) is 4.83. The minimum atomic E-state index is 0.0256. The van der Waals surface area contributed by atoms with Gasteiger partial charge in [0.25, 0.3) is 0 Å². The number of rotatable bonds is 5. The average Bonchev–Trinajstić information content (AvgIpc) is 2.29. The van der Waals surface area contributed by atoms with Crippen LogP contribution in [0.15, 0.2) is 18.2 Å². The second kappa shape index (κ2) is 5.53. The molecule has 1 heterocycles. The molecule has 0 spiro atoms. The van der Waals surface area contributed by atoms with E-state index in [0.717, 1.165) is 11.1 Å². The van der Waals surface area contributed by atoms with E-state index in [1.165, 1.54) is 0 Å². The number of alkyl halides is 1. The van der Waals surface area contributed by atoms with Crippen LogP contribution >= 0.6 is 15.9 Å². The molecule has 0 aliphatic carbocycles. The van der Waals surface area contributed by atoms with Crippen LogP contribution < -0.4 is 9.64 Å². The summed E-state index contributed by atoms with van der Waals surface area (Å²) in [5, 5.41) is 0.886. The predicted octanol–water partition coefficient (Wildman–Crippen LogP) is 3.09. The highest BCUT2D eigenvalue weighted by atomic mass is 79.9. The number of hydrogen-bond donors (Lipinski definition) is 0. The summed E-state index contributed by atoms with van der Waals surface area (Å²) in [4.78, 5) is 6.60. The van der Waals surface area contributed by atoms with Gasteiger partial charge in [-0.15, -0.1) is 0 Å². The largest absolute Gasteiger partial charge is 0.478 e. The lowest BCUT2D eigenvalue weighted by molar-refractivity contribution is 0.326. The summed E-state index contributed by atoms with van der Waals surface area (Å²) in [5.74, 6) is 1.60. The number of anilines is 1. The first-order chi connectivity index (χ1) is 7.51. The molecule has 1 aromatic heterocycles. The summed E-state index contributed by atoms with van der Waals surface area (Å²) in [5.41, 5.74) is 0.0256. The van der Waals surface area contributed by atoms with Gasteiger partial charge in [-0.3, -0.25) is 0 Å². The summed E-state index contributed by atoms with van der Waals surface area (Å²) >= 11 is 3.52. The molecular formula is C12H19BrN2O. The second-order valence-electron chi connectivity index (χ2n) is 4.27. The van der Waals surface area contributed by atoms with Crippen LogP contribution in [0.3, 0.4) is 0 Å². The molecule has 1 aromatic rings. The van der Waals surface area contributed by atoms with Gasteiger partial charge in [-0.05, 0) is 26.8 Å². The molecule has 3 nitrogen and oxygen atoms in total. The molecule has 0 bridgehead atoms. The third-order valence-electron chi connectivity index (χ3n) is 2.58. The predicted molar refractivity (Wildman–Crippen MR) is 71.7 cm³/mol. The Bertz CT molecular complexity index is 342. The normalized spacial score (nSPS) is 11.3. The number of pyridine rings is 1. The van der Waals surface area contributed by atoms with Crippen molar-refractivity contribution in [3.8, 4) is 5.88 Å². The van der Waals surface area contributed by atoms with Crippen molar-refractivity contribution in [1.29, 1.82) is 0 Å². The maximum Gasteiger partial charge on any atom is 0.215 e. The van der Waals surface area contributed by atoms with Gasteiger partial charge in [0.15, 0.2) is 0 Å². The van der Waals surface area contributed by atoms with Gasteiger partial charge < -0.3 is 9.64 Å². The molecule has 0 radical (unpaired) electrons. The van der Waals surface area contributed by atoms with Crippen LogP contribution in [0.5, 0.6) is 5.88 Å². The maximum absolute atomic E-state index is 5.39. The summed E-state index contributed by atoms with van der Waals surface area (Å²) in [7, 11) is 2.04. The standard InChI is InChI=1S/C12H19BrN2O/c1-5-16-11-8-6-7-10(14-11)15(4)12(2,3)9-13/h6-8H,5,9H2,1-4H3. The zero-order valence-corrected chi connectivity index (χ0v) is 11.9. The summed E-state index contributed by atoms with van der Waals surface area (Å²) in [6.07, 6.45) is 0. The van der Waals surface area contributed by atoms with Crippen molar-refractivity contribution in [1.82, 2.24) is 4.98 Å². The smallest absolute Gasteiger partial charge is 0.215 e. The van der Waals surface area contributed by atoms with Crippen LogP contribution in [0.2, 0.25) is 0 Å². The van der Waals surface area contributed by atoms with Gasteiger partial charge in [0.05, 0.1) is 6.61 Å². The number of halogens is 1. The van der Waals surface area contributed by atoms with E-state index in [0.29, 0.717) is 12.5 Å². The highest BCUT2D eigenvalue weighted by Crippen LogP contribution is 2.23. The van der Waals surface area contributed by atoms with Gasteiger partial charge in [0.2, 0.25) is 5.88 Å². The molecule has 1 rings (SSSR count). The van der Waals surface area contributed by atoms with Gasteiger partial charge >= 0.3 is 0 Å². The minimum Gasteiger partial charge on any atom is -0.478 e. The van der Waals surface area contributed by atoms with E-state index in [4.69, 9.17) is 4.74 Å². The molecule has 0 aliphatic rings. The van der Waals surface area contributed by atoms with Gasteiger partial charge in [0.1, 0.15) is 5.82 Å². The zero-order chi connectivity index (χ0) is 12.2. The molecule has 16 heavy (non-hydrogen) atoms. The lowest BCUT2D eigenvalue weighted by Gasteiger charge is -2.35. The number of hydrogen-bond acceptors (Lipinski definition) is 3. The Kier molecular flexibility index (Phi) is 4.59. The van der Waals surface area contributed by atoms with Gasteiger partial charge in [-0.2, -0.15) is 4.98 Å². The monoisotopic (exact) mass is 286 g/mol. The zero-order valence-electron chi connectivity index (χ0n) is 10.3. The Labute approximate surface area is 106 Å². The van der Waals surface area contributed by atoms with Crippen LogP contribution in [-0.4, -0.2) is 29.5 Å². The molecule has 0 atom stereocenters. The van der Waals surface area contributed by atoms with Crippen LogP contribution in [0.1, 0.15) is 20.8 Å². The molecule has 0 saturated heterocycles. The first-order valence-electron chi connectivity index (χ1n) is 5.41. The molecule has 0 amide bonds. The van der Waals surface area contributed by atoms with E-state index < -0.39 is 0 Å². The Balaban J connectivity index is 2.91. The van der Waals surface area contributed by atoms with Crippen LogP contribution in [0.4, 0.5) is 5.82 Å². The number of ether oxygens (including phenoxy) is 1. The molecule has 0 aromatic carbocycles. The van der Waals surface area contributed by atoms with Crippen molar-refractivity contribution in [3.63, 3.8) is 0 Å². The van der Waals surface area contributed by atoms with Gasteiger partial charge in [0, 0.05) is 24.0 Å². The van der Waals surface area contributed by atoms with Crippen LogP contribution in [0, 0.1) is 0 Å². The van der Waals surface area contributed by atoms with Crippen molar-refractivity contribution >= 4 is 21.7 Å². The Morgan fingerprint density at radius 1 is 1.44 bits per heavy atom. The first-order valence-corrected chi connectivity index (χ1v) is 6.53. The van der Waals surface area contributed by atoms with Crippen LogP contribution in [0.25, 0.3) is 0 Å². The number of aromatic nitrogens is 1. The van der Waals surface area contributed by atoms with Crippen molar-refractivity contribution in [2.75, 3.05) is 23.9 Å². The average molecular weight is 287 g/mol. The van der Waals surface area contributed by atoms with Crippen molar-refractivity contribution in [2.24, 2.45) is 0 Å². The van der Waals surface area contributed by atoms with E-state index in [-0.39, 0.29) is 5.54 Å². The number of nitrogens with zero attached hydrogens (tertiary/aromatic N) is 2. The van der Waals surface area contributed by atoms with Crippen molar-refractivity contribution in [3.05, 3.63) is 18.2 Å². The Morgan fingerprint density at radius 2 is 2.12 bits per heavy atom. The molecule has 0 N–H and O–H groups in total. The molecule has 90 valence electrons. The molecule has 0 aliphatic heterocycles. The summed E-state index contributed by atoms with van der Waals surface area (Å²) in [6.45, 7) is 6.93. The summed E-state index contributed by atoms with van der Waals surface area (Å²) in [6, 6.07) is 5.84. The molecule has 0 saturated carbocycles. The van der Waals surface area contributed by atoms with Gasteiger partial charge in [-0.25, -0.2) is 0 Å². The lowest BCUT2D eigenvalue weighted by atomic mass is 10.1. The molecule has 4 heteroatoms. The maximum atomic E-state index is 5.39. The Hall–Kier alpha value is -0.770. The third-order valence-corrected chi connectivity index (χ3v) is 3.95. The first kappa shape index (κ1) is 13.3. The van der Waals surface area contributed by atoms with Gasteiger partial charge in [-0.1, -0.05) is 22.0 Å². The highest BCUT2D eigenvalue weighted by Gasteiger charge is 2.23. The van der Waals surface area contributed by atoms with E-state index >= 15 is 0 Å². The molecule has 0 unspecified atom stereocenters. The van der Waals surface area contributed by atoms with E-state index in [1.54, 1.807) is 0 Å². The Morgan fingerprint density at radius 3 is 2.69 bits per heavy atom. The fraction of sp³-hybridized carbons (Fsp3) is 0.583. The molecular weight excluding hydrogens is 268 g/mol. The molecule has 0 fully saturated rings. The van der Waals surface area contributed by atoms with E-state index in [2.05, 4.69) is 39.7 Å². The topological polar surface area (TPSA) is 25.4 Å². The summed E-state index contributed by atoms with van der Waals surface area (Å²) < 4.78 is 5.39. The van der Waals surface area contributed by atoms with Crippen molar-refractivity contribution < 1.29 is 4.74 Å². The van der Waals surface area contributed by atoms with Crippen LogP contribution in [-0.2, 0) is 0 Å². The van der Waals surface area contributed by atoms with Crippen molar-refractivity contribution in [2.45, 2.75) is 26.3 Å². The SMILES string of the molecule is CCOc1cccc(N(C)C(C)(C)CBr)n1. The minimum absolute atomic E-state index is 0.0256. The quantitative estimate of drug-likeness (QED) is 0.778.